The lowest BCUT2D eigenvalue weighted by Gasteiger charge is -2.27. The lowest BCUT2D eigenvalue weighted by atomic mass is 10.0. The highest BCUT2D eigenvalue weighted by atomic mass is 15.1. The largest absolute Gasteiger partial charge is 0.345 e. The van der Waals surface area contributed by atoms with Crippen LogP contribution in [-0.4, -0.2) is 7.05 Å². The van der Waals surface area contributed by atoms with Gasteiger partial charge in [-0.15, -0.1) is 0 Å². The summed E-state index contributed by atoms with van der Waals surface area (Å²) < 4.78 is 0. The maximum absolute atomic E-state index is 2.31. The first kappa shape index (κ1) is 21.5. The van der Waals surface area contributed by atoms with Crippen molar-refractivity contribution in [2.75, 3.05) is 16.8 Å². The van der Waals surface area contributed by atoms with Gasteiger partial charge in [-0.05, 0) is 84.3 Å². The second kappa shape index (κ2) is 9.68. The van der Waals surface area contributed by atoms with Gasteiger partial charge in [0.05, 0.1) is 0 Å². The normalized spacial score (nSPS) is 10.6. The molecule has 0 aliphatic carbocycles. The van der Waals surface area contributed by atoms with Crippen LogP contribution in [0.3, 0.4) is 0 Å². The van der Waals surface area contributed by atoms with Gasteiger partial charge in [-0.3, -0.25) is 0 Å². The van der Waals surface area contributed by atoms with E-state index in [1.165, 1.54) is 22.4 Å². The Balaban J connectivity index is 1.53. The standard InChI is InChI=1S/C32H28N2/c1-25-11-9-17-31(23-25)33(2)28-19-21-30(22-20-28)34(29-15-7-4-8-16-29)32-18-10-14-27(24-32)26-12-5-3-6-13-26/h3-24H,1-2H3. The summed E-state index contributed by atoms with van der Waals surface area (Å²) in [5.74, 6) is 0. The van der Waals surface area contributed by atoms with Crippen molar-refractivity contribution >= 4 is 28.4 Å². The third kappa shape index (κ3) is 4.57. The number of aryl methyl sites for hydroxylation is 1. The molecule has 0 amide bonds. The highest BCUT2D eigenvalue weighted by molar-refractivity contribution is 5.80. The number of nitrogens with zero attached hydrogens (tertiary/aromatic N) is 2. The number of hydrogen-bond acceptors (Lipinski definition) is 2. The first-order valence-electron chi connectivity index (χ1n) is 11.6. The van der Waals surface area contributed by atoms with E-state index >= 15 is 0 Å². The van der Waals surface area contributed by atoms with Gasteiger partial charge in [0, 0.05) is 35.5 Å². The molecule has 0 bridgehead atoms. The second-order valence-corrected chi connectivity index (χ2v) is 8.50. The second-order valence-electron chi connectivity index (χ2n) is 8.50. The van der Waals surface area contributed by atoms with Gasteiger partial charge >= 0.3 is 0 Å². The zero-order valence-corrected chi connectivity index (χ0v) is 19.6. The Labute approximate surface area is 202 Å². The van der Waals surface area contributed by atoms with Gasteiger partial charge in [-0.1, -0.05) is 72.8 Å². The van der Waals surface area contributed by atoms with Crippen LogP contribution >= 0.6 is 0 Å². The Morgan fingerprint density at radius 1 is 0.412 bits per heavy atom. The highest BCUT2D eigenvalue weighted by Gasteiger charge is 2.14. The van der Waals surface area contributed by atoms with Gasteiger partial charge in [-0.2, -0.15) is 0 Å². The molecule has 0 aliphatic rings. The summed E-state index contributed by atoms with van der Waals surface area (Å²) >= 11 is 0. The smallest absolute Gasteiger partial charge is 0.0467 e. The van der Waals surface area contributed by atoms with Crippen molar-refractivity contribution in [2.45, 2.75) is 6.92 Å². The predicted octanol–water partition coefficient (Wildman–Crippen LogP) is 8.90. The fourth-order valence-corrected chi connectivity index (χ4v) is 4.29. The molecular formula is C32H28N2. The molecule has 5 rings (SSSR count). The van der Waals surface area contributed by atoms with Gasteiger partial charge in [-0.25, -0.2) is 0 Å². The SMILES string of the molecule is Cc1cccc(N(C)c2ccc(N(c3ccccc3)c3cccc(-c4ccccc4)c3)cc2)c1. The zero-order chi connectivity index (χ0) is 23.3. The molecule has 34 heavy (non-hydrogen) atoms. The van der Waals surface area contributed by atoms with E-state index in [0.29, 0.717) is 0 Å². The van der Waals surface area contributed by atoms with Gasteiger partial charge in [0.15, 0.2) is 0 Å². The van der Waals surface area contributed by atoms with Crippen molar-refractivity contribution in [3.63, 3.8) is 0 Å². The Morgan fingerprint density at radius 3 is 1.65 bits per heavy atom. The monoisotopic (exact) mass is 440 g/mol. The number of rotatable bonds is 6. The van der Waals surface area contributed by atoms with Gasteiger partial charge in [0.2, 0.25) is 0 Å². The molecule has 0 radical (unpaired) electrons. The van der Waals surface area contributed by atoms with Crippen molar-refractivity contribution in [3.05, 3.63) is 139 Å². The van der Waals surface area contributed by atoms with Crippen LogP contribution in [0.2, 0.25) is 0 Å². The third-order valence-corrected chi connectivity index (χ3v) is 6.11. The summed E-state index contributed by atoms with van der Waals surface area (Å²) in [6.45, 7) is 2.13. The molecule has 0 unspecified atom stereocenters. The van der Waals surface area contributed by atoms with E-state index < -0.39 is 0 Å². The summed E-state index contributed by atoms with van der Waals surface area (Å²) in [6.07, 6.45) is 0. The molecule has 0 saturated heterocycles. The lowest BCUT2D eigenvalue weighted by Crippen LogP contribution is -2.12. The van der Waals surface area contributed by atoms with E-state index in [2.05, 4.69) is 157 Å². The van der Waals surface area contributed by atoms with E-state index in [9.17, 15) is 0 Å². The predicted molar refractivity (Wildman–Crippen MR) is 146 cm³/mol. The molecule has 2 nitrogen and oxygen atoms in total. The molecular weight excluding hydrogens is 412 g/mol. The average Bonchev–Trinajstić information content (AvgIpc) is 2.90. The van der Waals surface area contributed by atoms with Crippen LogP contribution in [0.25, 0.3) is 11.1 Å². The minimum absolute atomic E-state index is 1.12. The molecule has 0 aromatic heterocycles. The van der Waals surface area contributed by atoms with Crippen molar-refractivity contribution in [1.82, 2.24) is 0 Å². The fraction of sp³-hybridized carbons (Fsp3) is 0.0625. The molecule has 0 atom stereocenters. The van der Waals surface area contributed by atoms with E-state index in [4.69, 9.17) is 0 Å². The molecule has 5 aromatic rings. The minimum Gasteiger partial charge on any atom is -0.345 e. The van der Waals surface area contributed by atoms with E-state index in [1.54, 1.807) is 0 Å². The molecule has 0 N–H and O–H groups in total. The fourth-order valence-electron chi connectivity index (χ4n) is 4.29. The van der Waals surface area contributed by atoms with Gasteiger partial charge in [0.1, 0.15) is 0 Å². The first-order chi connectivity index (χ1) is 16.7. The summed E-state index contributed by atoms with van der Waals surface area (Å²) in [5, 5.41) is 0. The molecule has 0 heterocycles. The van der Waals surface area contributed by atoms with Crippen LogP contribution in [-0.2, 0) is 0 Å². The topological polar surface area (TPSA) is 6.48 Å². The molecule has 166 valence electrons. The summed E-state index contributed by atoms with van der Waals surface area (Å²) in [4.78, 5) is 4.53. The molecule has 0 spiro atoms. The maximum atomic E-state index is 2.31. The van der Waals surface area contributed by atoms with Crippen LogP contribution in [0.4, 0.5) is 28.4 Å². The summed E-state index contributed by atoms with van der Waals surface area (Å²) in [7, 11) is 2.11. The van der Waals surface area contributed by atoms with Crippen LogP contribution in [0.5, 0.6) is 0 Å². The summed E-state index contributed by atoms with van der Waals surface area (Å²) in [6, 6.07) is 47.2. The van der Waals surface area contributed by atoms with Crippen molar-refractivity contribution in [2.24, 2.45) is 0 Å². The van der Waals surface area contributed by atoms with Crippen LogP contribution in [0, 0.1) is 6.92 Å². The summed E-state index contributed by atoms with van der Waals surface area (Å²) in [5.41, 5.74) is 9.40. The highest BCUT2D eigenvalue weighted by Crippen LogP contribution is 2.37. The van der Waals surface area contributed by atoms with Crippen LogP contribution in [0.1, 0.15) is 5.56 Å². The quantitative estimate of drug-likeness (QED) is 0.260. The Hall–Kier alpha value is -4.30. The van der Waals surface area contributed by atoms with E-state index in [0.717, 1.165) is 22.7 Å². The Kier molecular flexibility index (Phi) is 6.13. The number of anilines is 5. The maximum Gasteiger partial charge on any atom is 0.0467 e. The van der Waals surface area contributed by atoms with Gasteiger partial charge < -0.3 is 9.80 Å². The molecule has 0 fully saturated rings. The van der Waals surface area contributed by atoms with Crippen LogP contribution < -0.4 is 9.80 Å². The van der Waals surface area contributed by atoms with Crippen molar-refractivity contribution in [3.8, 4) is 11.1 Å². The molecule has 0 saturated carbocycles. The average molecular weight is 441 g/mol. The van der Waals surface area contributed by atoms with Crippen molar-refractivity contribution in [1.29, 1.82) is 0 Å². The molecule has 2 heteroatoms. The van der Waals surface area contributed by atoms with E-state index in [-0.39, 0.29) is 0 Å². The molecule has 5 aromatic carbocycles. The number of benzene rings is 5. The lowest BCUT2D eigenvalue weighted by molar-refractivity contribution is 1.20. The van der Waals surface area contributed by atoms with Crippen molar-refractivity contribution < 1.29 is 0 Å². The van der Waals surface area contributed by atoms with Crippen LogP contribution in [0.15, 0.2) is 133 Å². The first-order valence-corrected chi connectivity index (χ1v) is 11.6. The minimum atomic E-state index is 1.12. The Bertz CT molecular complexity index is 1360. The zero-order valence-electron chi connectivity index (χ0n) is 19.6. The number of para-hydroxylation sites is 1. The third-order valence-electron chi connectivity index (χ3n) is 6.11. The van der Waals surface area contributed by atoms with Gasteiger partial charge in [0.25, 0.3) is 0 Å². The molecule has 0 aliphatic heterocycles. The Morgan fingerprint density at radius 2 is 0.941 bits per heavy atom. The number of hydrogen-bond donors (Lipinski definition) is 0. The van der Waals surface area contributed by atoms with E-state index in [1.807, 2.05) is 0 Å².